The van der Waals surface area contributed by atoms with E-state index in [0.717, 1.165) is 19.4 Å². The van der Waals surface area contributed by atoms with Gasteiger partial charge in [-0.05, 0) is 25.0 Å². The molecule has 0 radical (unpaired) electrons. The molecule has 0 aliphatic carbocycles. The Bertz CT molecular complexity index is 378. The van der Waals surface area contributed by atoms with Gasteiger partial charge in [0.15, 0.2) is 11.5 Å². The Hall–Kier alpha value is -1.49. The van der Waals surface area contributed by atoms with E-state index in [1.54, 1.807) is 0 Å². The summed E-state index contributed by atoms with van der Waals surface area (Å²) in [6, 6.07) is 2.67. The molecule has 1 fully saturated rings. The maximum atomic E-state index is 13.2. The molecule has 0 spiro atoms. The van der Waals surface area contributed by atoms with Crippen molar-refractivity contribution in [3.63, 3.8) is 0 Å². The smallest absolute Gasteiger partial charge is 0.273 e. The van der Waals surface area contributed by atoms with Crippen molar-refractivity contribution in [2.75, 3.05) is 13.2 Å². The highest BCUT2D eigenvalue weighted by molar-refractivity contribution is 5.92. The molecule has 5 heteroatoms. The maximum absolute atomic E-state index is 13.2. The largest absolute Gasteiger partial charge is 0.376 e. The van der Waals surface area contributed by atoms with Gasteiger partial charge in [-0.15, -0.1) is 0 Å². The Morgan fingerprint density at radius 1 is 1.69 bits per heavy atom. The standard InChI is InChI=1S/C11H13FN2O2/c12-9-4-1-5-13-10(9)11(15)14-7-8-3-2-6-16-8/h1,4-5,8H,2-3,6-7H2,(H,14,15). The Kier molecular flexibility index (Phi) is 3.46. The number of carbonyl (C=O) groups excluding carboxylic acids is 1. The molecule has 1 aliphatic rings. The summed E-state index contributed by atoms with van der Waals surface area (Å²) in [4.78, 5) is 15.2. The number of hydrogen-bond acceptors (Lipinski definition) is 3. The summed E-state index contributed by atoms with van der Waals surface area (Å²) in [5.41, 5.74) is -0.166. The normalized spacial score (nSPS) is 19.7. The summed E-state index contributed by atoms with van der Waals surface area (Å²) >= 11 is 0. The minimum absolute atomic E-state index is 0.0516. The lowest BCUT2D eigenvalue weighted by Crippen LogP contribution is -2.32. The topological polar surface area (TPSA) is 51.2 Å². The van der Waals surface area contributed by atoms with Crippen molar-refractivity contribution >= 4 is 5.91 Å². The molecule has 86 valence electrons. The summed E-state index contributed by atoms with van der Waals surface area (Å²) in [7, 11) is 0. The van der Waals surface area contributed by atoms with Crippen LogP contribution in [-0.4, -0.2) is 30.1 Å². The number of ether oxygens (including phenoxy) is 1. The van der Waals surface area contributed by atoms with Crippen LogP contribution in [0, 0.1) is 5.82 Å². The van der Waals surface area contributed by atoms with Gasteiger partial charge in [0.05, 0.1) is 6.10 Å². The second kappa shape index (κ2) is 5.03. The molecule has 1 amide bonds. The van der Waals surface area contributed by atoms with Crippen LogP contribution in [0.15, 0.2) is 18.3 Å². The summed E-state index contributed by atoms with van der Waals surface area (Å²) in [5.74, 6) is -1.10. The molecule has 0 bridgehead atoms. The van der Waals surface area contributed by atoms with Crippen LogP contribution in [0.2, 0.25) is 0 Å². The van der Waals surface area contributed by atoms with E-state index in [0.29, 0.717) is 6.54 Å². The van der Waals surface area contributed by atoms with E-state index in [4.69, 9.17) is 4.74 Å². The molecule has 1 saturated heterocycles. The van der Waals surface area contributed by atoms with Crippen LogP contribution in [0.5, 0.6) is 0 Å². The molecule has 4 nitrogen and oxygen atoms in total. The van der Waals surface area contributed by atoms with Crippen molar-refractivity contribution in [3.8, 4) is 0 Å². The second-order valence-corrected chi connectivity index (χ2v) is 3.68. The highest BCUT2D eigenvalue weighted by Crippen LogP contribution is 2.11. The van der Waals surface area contributed by atoms with Gasteiger partial charge < -0.3 is 10.1 Å². The fraction of sp³-hybridized carbons (Fsp3) is 0.455. The van der Waals surface area contributed by atoms with Gasteiger partial charge in [-0.1, -0.05) is 0 Å². The molecule has 2 rings (SSSR count). The molecule has 1 unspecified atom stereocenters. The third kappa shape index (κ3) is 2.55. The Morgan fingerprint density at radius 2 is 2.56 bits per heavy atom. The predicted molar refractivity (Wildman–Crippen MR) is 55.5 cm³/mol. The van der Waals surface area contributed by atoms with Gasteiger partial charge in [-0.2, -0.15) is 0 Å². The first kappa shape index (κ1) is 11.0. The van der Waals surface area contributed by atoms with Gasteiger partial charge in [-0.25, -0.2) is 9.37 Å². The predicted octanol–water partition coefficient (Wildman–Crippen LogP) is 1.13. The van der Waals surface area contributed by atoms with Gasteiger partial charge >= 0.3 is 0 Å². The van der Waals surface area contributed by atoms with Gasteiger partial charge in [0.25, 0.3) is 5.91 Å². The lowest BCUT2D eigenvalue weighted by molar-refractivity contribution is 0.0850. The third-order valence-electron chi connectivity index (χ3n) is 2.49. The molecule has 0 aromatic carbocycles. The van der Waals surface area contributed by atoms with E-state index in [-0.39, 0.29) is 11.8 Å². The first-order valence-corrected chi connectivity index (χ1v) is 5.27. The van der Waals surface area contributed by atoms with Crippen molar-refractivity contribution in [1.29, 1.82) is 0 Å². The third-order valence-corrected chi connectivity index (χ3v) is 2.49. The quantitative estimate of drug-likeness (QED) is 0.837. The SMILES string of the molecule is O=C(NCC1CCCO1)c1ncccc1F. The molecular formula is C11H13FN2O2. The molecule has 1 atom stereocenters. The van der Waals surface area contributed by atoms with E-state index in [2.05, 4.69) is 10.3 Å². The first-order valence-electron chi connectivity index (χ1n) is 5.27. The number of nitrogens with one attached hydrogen (secondary N) is 1. The molecule has 1 N–H and O–H groups in total. The van der Waals surface area contributed by atoms with Crippen LogP contribution in [0.4, 0.5) is 4.39 Å². The molecule has 0 saturated carbocycles. The van der Waals surface area contributed by atoms with E-state index in [1.165, 1.54) is 18.3 Å². The molecule has 1 aromatic rings. The van der Waals surface area contributed by atoms with Crippen LogP contribution in [0.3, 0.4) is 0 Å². The zero-order valence-electron chi connectivity index (χ0n) is 8.78. The average molecular weight is 224 g/mol. The number of rotatable bonds is 3. The fourth-order valence-corrected chi connectivity index (χ4v) is 1.65. The molecule has 1 aromatic heterocycles. The Morgan fingerprint density at radius 3 is 3.25 bits per heavy atom. The first-order chi connectivity index (χ1) is 7.77. The number of carbonyl (C=O) groups is 1. The zero-order chi connectivity index (χ0) is 11.4. The number of halogens is 1. The van der Waals surface area contributed by atoms with Crippen LogP contribution in [-0.2, 0) is 4.74 Å². The minimum atomic E-state index is -0.604. The number of nitrogens with zero attached hydrogens (tertiary/aromatic N) is 1. The minimum Gasteiger partial charge on any atom is -0.376 e. The molecular weight excluding hydrogens is 211 g/mol. The van der Waals surface area contributed by atoms with Gasteiger partial charge in [-0.3, -0.25) is 4.79 Å². The number of pyridine rings is 1. The molecule has 2 heterocycles. The molecule has 1 aliphatic heterocycles. The number of aromatic nitrogens is 1. The maximum Gasteiger partial charge on any atom is 0.273 e. The average Bonchev–Trinajstić information content (AvgIpc) is 2.79. The lowest BCUT2D eigenvalue weighted by atomic mass is 10.2. The van der Waals surface area contributed by atoms with E-state index in [1.807, 2.05) is 0 Å². The van der Waals surface area contributed by atoms with Crippen molar-refractivity contribution in [1.82, 2.24) is 10.3 Å². The molecule has 16 heavy (non-hydrogen) atoms. The fourth-order valence-electron chi connectivity index (χ4n) is 1.65. The Labute approximate surface area is 92.8 Å². The summed E-state index contributed by atoms with van der Waals surface area (Å²) in [5, 5.41) is 2.62. The van der Waals surface area contributed by atoms with E-state index >= 15 is 0 Å². The van der Waals surface area contributed by atoms with Gasteiger partial charge in [0, 0.05) is 19.3 Å². The summed E-state index contributed by atoms with van der Waals surface area (Å²) in [6.45, 7) is 1.15. The van der Waals surface area contributed by atoms with Crippen molar-refractivity contribution in [2.24, 2.45) is 0 Å². The highest BCUT2D eigenvalue weighted by Gasteiger charge is 2.18. The van der Waals surface area contributed by atoms with Gasteiger partial charge in [0.2, 0.25) is 0 Å². The zero-order valence-corrected chi connectivity index (χ0v) is 8.78. The number of amides is 1. The number of hydrogen-bond donors (Lipinski definition) is 1. The van der Waals surface area contributed by atoms with Crippen molar-refractivity contribution in [3.05, 3.63) is 29.8 Å². The van der Waals surface area contributed by atoms with Crippen molar-refractivity contribution in [2.45, 2.75) is 18.9 Å². The monoisotopic (exact) mass is 224 g/mol. The lowest BCUT2D eigenvalue weighted by Gasteiger charge is -2.10. The summed E-state index contributed by atoms with van der Waals surface area (Å²) < 4.78 is 18.5. The van der Waals surface area contributed by atoms with Crippen LogP contribution in [0.25, 0.3) is 0 Å². The summed E-state index contributed by atoms with van der Waals surface area (Å²) in [6.07, 6.45) is 3.39. The van der Waals surface area contributed by atoms with Crippen LogP contribution < -0.4 is 5.32 Å². The Balaban J connectivity index is 1.90. The van der Waals surface area contributed by atoms with Crippen LogP contribution >= 0.6 is 0 Å². The van der Waals surface area contributed by atoms with E-state index in [9.17, 15) is 9.18 Å². The van der Waals surface area contributed by atoms with Crippen molar-refractivity contribution < 1.29 is 13.9 Å². The van der Waals surface area contributed by atoms with E-state index < -0.39 is 11.7 Å². The highest BCUT2D eigenvalue weighted by atomic mass is 19.1. The van der Waals surface area contributed by atoms with Gasteiger partial charge in [0.1, 0.15) is 0 Å². The second-order valence-electron chi connectivity index (χ2n) is 3.68. The van der Waals surface area contributed by atoms with Crippen LogP contribution in [0.1, 0.15) is 23.3 Å².